The highest BCUT2D eigenvalue weighted by atomic mass is 32.2. The molecule has 0 saturated heterocycles. The highest BCUT2D eigenvalue weighted by Crippen LogP contribution is 2.53. The van der Waals surface area contributed by atoms with Crippen LogP contribution in [0.4, 0.5) is 17.1 Å². The third-order valence-corrected chi connectivity index (χ3v) is 8.76. The van der Waals surface area contributed by atoms with Crippen molar-refractivity contribution in [3.63, 3.8) is 0 Å². The lowest BCUT2D eigenvalue weighted by molar-refractivity contribution is 0.598. The van der Waals surface area contributed by atoms with E-state index in [4.69, 9.17) is 0 Å². The number of rotatable bonds is 2. The van der Waals surface area contributed by atoms with Gasteiger partial charge < -0.3 is 4.90 Å². The normalized spacial score (nSPS) is 14.9. The Balaban J connectivity index is 1.61. The molecule has 5 heteroatoms. The Kier molecular flexibility index (Phi) is 3.94. The smallest absolute Gasteiger partial charge is 0.207 e. The Hall–Kier alpha value is -3.28. The van der Waals surface area contributed by atoms with Gasteiger partial charge in [-0.3, -0.25) is 0 Å². The van der Waals surface area contributed by atoms with Crippen molar-refractivity contribution in [2.45, 2.75) is 19.6 Å². The van der Waals surface area contributed by atoms with Gasteiger partial charge in [-0.15, -0.1) is 0 Å². The first-order valence-corrected chi connectivity index (χ1v) is 12.2. The van der Waals surface area contributed by atoms with Crippen molar-refractivity contribution in [1.82, 2.24) is 0 Å². The summed E-state index contributed by atoms with van der Waals surface area (Å²) in [6.45, 7) is 3.83. The van der Waals surface area contributed by atoms with Crippen LogP contribution in [0.3, 0.4) is 0 Å². The third kappa shape index (κ3) is 2.63. The SMILES string of the molecule is C=Cc1ccc2c(c1)-c1cc(N3c4ccccc4Sc4ccccc43)ccc1S2(=O)=O. The fourth-order valence-corrected chi connectivity index (χ4v) is 7.03. The Morgan fingerprint density at radius 1 is 0.742 bits per heavy atom. The summed E-state index contributed by atoms with van der Waals surface area (Å²) in [6, 6.07) is 27.6. The fraction of sp³-hybridized carbons (Fsp3) is 0. The lowest BCUT2D eigenvalue weighted by atomic mass is 10.0. The lowest BCUT2D eigenvalue weighted by Crippen LogP contribution is -2.14. The second kappa shape index (κ2) is 6.61. The topological polar surface area (TPSA) is 37.4 Å². The monoisotopic (exact) mass is 439 g/mol. The van der Waals surface area contributed by atoms with Crippen molar-refractivity contribution in [3.8, 4) is 11.1 Å². The van der Waals surface area contributed by atoms with Crippen LogP contribution in [0.2, 0.25) is 0 Å². The van der Waals surface area contributed by atoms with E-state index in [0.29, 0.717) is 9.79 Å². The summed E-state index contributed by atoms with van der Waals surface area (Å²) in [5.41, 5.74) is 5.49. The van der Waals surface area contributed by atoms with Crippen LogP contribution in [-0.4, -0.2) is 8.42 Å². The van der Waals surface area contributed by atoms with Crippen LogP contribution >= 0.6 is 11.8 Å². The molecule has 4 aromatic rings. The zero-order chi connectivity index (χ0) is 21.2. The van der Waals surface area contributed by atoms with E-state index in [1.54, 1.807) is 36.0 Å². The van der Waals surface area contributed by atoms with Gasteiger partial charge in [0.1, 0.15) is 0 Å². The Morgan fingerprint density at radius 3 is 1.97 bits per heavy atom. The van der Waals surface area contributed by atoms with Crippen molar-refractivity contribution in [3.05, 3.63) is 97.1 Å². The van der Waals surface area contributed by atoms with Crippen molar-refractivity contribution in [2.24, 2.45) is 0 Å². The van der Waals surface area contributed by atoms with Crippen molar-refractivity contribution in [1.29, 1.82) is 0 Å². The van der Waals surface area contributed by atoms with Gasteiger partial charge in [-0.2, -0.15) is 0 Å². The molecule has 2 heterocycles. The number of hydrogen-bond acceptors (Lipinski definition) is 4. The third-order valence-electron chi connectivity index (χ3n) is 5.76. The van der Waals surface area contributed by atoms with Gasteiger partial charge in [-0.05, 0) is 60.2 Å². The van der Waals surface area contributed by atoms with Gasteiger partial charge in [0.05, 0.1) is 21.2 Å². The van der Waals surface area contributed by atoms with E-state index in [1.165, 1.54) is 9.79 Å². The molecule has 0 atom stereocenters. The Morgan fingerprint density at radius 2 is 1.32 bits per heavy atom. The summed E-state index contributed by atoms with van der Waals surface area (Å²) in [5.74, 6) is 0. The Bertz CT molecular complexity index is 1460. The summed E-state index contributed by atoms with van der Waals surface area (Å²) < 4.78 is 26.2. The second-order valence-electron chi connectivity index (χ2n) is 7.52. The molecule has 2 aliphatic heterocycles. The second-order valence-corrected chi connectivity index (χ2v) is 10.5. The zero-order valence-electron chi connectivity index (χ0n) is 16.4. The summed E-state index contributed by atoms with van der Waals surface area (Å²) >= 11 is 1.75. The molecule has 3 nitrogen and oxygen atoms in total. The molecule has 0 radical (unpaired) electrons. The molecule has 6 rings (SSSR count). The highest BCUT2D eigenvalue weighted by molar-refractivity contribution is 7.99. The minimum Gasteiger partial charge on any atom is -0.308 e. The Labute approximate surface area is 185 Å². The summed E-state index contributed by atoms with van der Waals surface area (Å²) in [4.78, 5) is 5.27. The molecule has 150 valence electrons. The summed E-state index contributed by atoms with van der Waals surface area (Å²) in [7, 11) is -3.52. The first-order chi connectivity index (χ1) is 15.1. The van der Waals surface area contributed by atoms with E-state index in [2.05, 4.69) is 35.7 Å². The van der Waals surface area contributed by atoms with E-state index in [9.17, 15) is 8.42 Å². The molecule has 0 N–H and O–H groups in total. The van der Waals surface area contributed by atoms with Gasteiger partial charge in [0.2, 0.25) is 9.84 Å². The molecule has 2 aliphatic rings. The molecule has 4 aromatic carbocycles. The van der Waals surface area contributed by atoms with Gasteiger partial charge in [0.15, 0.2) is 0 Å². The standard InChI is InChI=1S/C26H17NO2S2/c1-2-17-11-13-25-19(15-17)20-16-18(12-14-26(20)31(25,28)29)27-21-7-3-5-9-23(21)30-24-10-6-4-8-22(24)27/h2-16H,1H2. The van der Waals surface area contributed by atoms with Crippen LogP contribution in [0.5, 0.6) is 0 Å². The van der Waals surface area contributed by atoms with E-state index in [0.717, 1.165) is 33.8 Å². The molecule has 0 aliphatic carbocycles. The first kappa shape index (κ1) is 18.5. The van der Waals surface area contributed by atoms with Crippen LogP contribution in [-0.2, 0) is 9.84 Å². The number of hydrogen-bond donors (Lipinski definition) is 0. The van der Waals surface area contributed by atoms with Crippen LogP contribution in [0.15, 0.2) is 111 Å². The van der Waals surface area contributed by atoms with Crippen molar-refractivity contribution in [2.75, 3.05) is 4.90 Å². The van der Waals surface area contributed by atoms with Gasteiger partial charge in [-0.1, -0.05) is 54.7 Å². The van der Waals surface area contributed by atoms with Crippen LogP contribution in [0.1, 0.15) is 5.56 Å². The zero-order valence-corrected chi connectivity index (χ0v) is 18.1. The maximum Gasteiger partial charge on any atom is 0.207 e. The number of para-hydroxylation sites is 2. The molecule has 0 saturated carbocycles. The summed E-state index contributed by atoms with van der Waals surface area (Å²) in [6.07, 6.45) is 1.74. The molecular formula is C26H17NO2S2. The van der Waals surface area contributed by atoms with Crippen LogP contribution in [0, 0.1) is 0 Å². The number of nitrogens with zero attached hydrogens (tertiary/aromatic N) is 1. The van der Waals surface area contributed by atoms with Crippen LogP contribution < -0.4 is 4.90 Å². The minimum absolute atomic E-state index is 0.361. The highest BCUT2D eigenvalue weighted by Gasteiger charge is 2.34. The van der Waals surface area contributed by atoms with Crippen molar-refractivity contribution >= 4 is 44.7 Å². The van der Waals surface area contributed by atoms with Gasteiger partial charge in [0, 0.05) is 26.6 Å². The molecule has 0 spiro atoms. The maximum absolute atomic E-state index is 13.1. The lowest BCUT2D eigenvalue weighted by Gasteiger charge is -2.33. The number of anilines is 3. The number of sulfone groups is 1. The van der Waals surface area contributed by atoms with E-state index in [1.807, 2.05) is 42.5 Å². The number of benzene rings is 4. The van der Waals surface area contributed by atoms with Gasteiger partial charge >= 0.3 is 0 Å². The van der Waals surface area contributed by atoms with Gasteiger partial charge in [0.25, 0.3) is 0 Å². The van der Waals surface area contributed by atoms with E-state index in [-0.39, 0.29) is 0 Å². The van der Waals surface area contributed by atoms with E-state index >= 15 is 0 Å². The maximum atomic E-state index is 13.1. The minimum atomic E-state index is -3.52. The molecule has 0 aromatic heterocycles. The number of fused-ring (bicyclic) bond motifs is 5. The largest absolute Gasteiger partial charge is 0.308 e. The fourth-order valence-electron chi connectivity index (χ4n) is 4.32. The predicted molar refractivity (Wildman–Crippen MR) is 126 cm³/mol. The van der Waals surface area contributed by atoms with Crippen LogP contribution in [0.25, 0.3) is 17.2 Å². The average Bonchev–Trinajstić information content (AvgIpc) is 3.03. The average molecular weight is 440 g/mol. The summed E-state index contributed by atoms with van der Waals surface area (Å²) in [5, 5.41) is 0. The molecular weight excluding hydrogens is 422 g/mol. The molecule has 0 amide bonds. The molecule has 31 heavy (non-hydrogen) atoms. The quantitative estimate of drug-likeness (QED) is 0.289. The molecule has 0 bridgehead atoms. The van der Waals surface area contributed by atoms with Gasteiger partial charge in [-0.25, -0.2) is 8.42 Å². The predicted octanol–water partition coefficient (Wildman–Crippen LogP) is 7.08. The van der Waals surface area contributed by atoms with E-state index < -0.39 is 9.84 Å². The van der Waals surface area contributed by atoms with Crippen molar-refractivity contribution < 1.29 is 8.42 Å². The molecule has 0 unspecified atom stereocenters. The molecule has 0 fully saturated rings. The first-order valence-electron chi connectivity index (χ1n) is 9.90.